The lowest BCUT2D eigenvalue weighted by Crippen LogP contribution is -2.23. The van der Waals surface area contributed by atoms with E-state index >= 15 is 0 Å². The van der Waals surface area contributed by atoms with Crippen LogP contribution in [0.25, 0.3) is 0 Å². The molecule has 0 radical (unpaired) electrons. The fourth-order valence-electron chi connectivity index (χ4n) is 2.04. The molecular formula is C15H15BrFN3O. The van der Waals surface area contributed by atoms with Crippen molar-refractivity contribution >= 4 is 21.6 Å². The molecule has 21 heavy (non-hydrogen) atoms. The van der Waals surface area contributed by atoms with Gasteiger partial charge < -0.3 is 5.32 Å². The Bertz CT molecular complexity index is 712. The van der Waals surface area contributed by atoms with E-state index in [0.717, 1.165) is 23.7 Å². The number of halogens is 2. The lowest BCUT2D eigenvalue weighted by atomic mass is 10.2. The van der Waals surface area contributed by atoms with Crippen molar-refractivity contribution in [2.75, 3.05) is 11.9 Å². The lowest BCUT2D eigenvalue weighted by molar-refractivity contribution is 0.613. The Kier molecular flexibility index (Phi) is 4.05. The van der Waals surface area contributed by atoms with Crippen LogP contribution >= 0.6 is 15.9 Å². The van der Waals surface area contributed by atoms with Gasteiger partial charge in [-0.1, -0.05) is 6.07 Å². The fraction of sp³-hybridized carbons (Fsp3) is 0.333. The number of hydrogen-bond donors (Lipinski definition) is 1. The Hall–Kier alpha value is -1.69. The summed E-state index contributed by atoms with van der Waals surface area (Å²) < 4.78 is 14.9. The smallest absolute Gasteiger partial charge is 0.269 e. The average Bonchev–Trinajstić information content (AvgIpc) is 3.27. The minimum atomic E-state index is -0.321. The van der Waals surface area contributed by atoms with Crippen LogP contribution in [0.4, 0.5) is 10.1 Å². The van der Waals surface area contributed by atoms with Crippen LogP contribution in [0.1, 0.15) is 18.4 Å². The molecule has 1 fully saturated rings. The van der Waals surface area contributed by atoms with Gasteiger partial charge in [0.05, 0.1) is 22.9 Å². The SMILES string of the molecule is O=c1cc(NCC2CC2)cnn1Cc1ccc(F)c(Br)c1. The predicted molar refractivity (Wildman–Crippen MR) is 82.9 cm³/mol. The van der Waals surface area contributed by atoms with Gasteiger partial charge >= 0.3 is 0 Å². The van der Waals surface area contributed by atoms with Crippen LogP contribution in [0.3, 0.4) is 0 Å². The number of aromatic nitrogens is 2. The molecule has 1 saturated carbocycles. The zero-order valence-electron chi connectivity index (χ0n) is 11.4. The van der Waals surface area contributed by atoms with Crippen LogP contribution in [0.5, 0.6) is 0 Å². The second-order valence-electron chi connectivity index (χ2n) is 5.31. The Morgan fingerprint density at radius 3 is 2.86 bits per heavy atom. The molecule has 1 aliphatic rings. The van der Waals surface area contributed by atoms with Gasteiger partial charge in [-0.05, 0) is 52.4 Å². The standard InChI is InChI=1S/C15H15BrFN3O/c16-13-5-11(3-4-14(13)17)9-20-15(21)6-12(8-19-20)18-7-10-1-2-10/h3-6,8,10,18H,1-2,7,9H2. The molecule has 0 bridgehead atoms. The summed E-state index contributed by atoms with van der Waals surface area (Å²) in [6.45, 7) is 1.22. The van der Waals surface area contributed by atoms with Gasteiger partial charge in [0.1, 0.15) is 5.82 Å². The van der Waals surface area contributed by atoms with Crippen LogP contribution in [0, 0.1) is 11.7 Å². The van der Waals surface area contributed by atoms with Crippen molar-refractivity contribution in [1.29, 1.82) is 0 Å². The van der Waals surface area contributed by atoms with Gasteiger partial charge in [-0.25, -0.2) is 9.07 Å². The Morgan fingerprint density at radius 1 is 1.38 bits per heavy atom. The first kappa shape index (κ1) is 14.3. The molecule has 0 amide bonds. The summed E-state index contributed by atoms with van der Waals surface area (Å²) in [6.07, 6.45) is 4.18. The molecule has 110 valence electrons. The maximum Gasteiger partial charge on any atom is 0.269 e. The topological polar surface area (TPSA) is 46.9 Å². The molecule has 6 heteroatoms. The van der Waals surface area contributed by atoms with Gasteiger partial charge in [0.2, 0.25) is 0 Å². The van der Waals surface area contributed by atoms with Gasteiger partial charge in [0.25, 0.3) is 5.56 Å². The van der Waals surface area contributed by atoms with E-state index in [4.69, 9.17) is 0 Å². The zero-order valence-corrected chi connectivity index (χ0v) is 12.9. The molecule has 0 atom stereocenters. The van der Waals surface area contributed by atoms with Crippen molar-refractivity contribution in [3.8, 4) is 0 Å². The third-order valence-corrected chi connectivity index (χ3v) is 4.09. The first-order valence-electron chi connectivity index (χ1n) is 6.87. The van der Waals surface area contributed by atoms with Crippen LogP contribution in [0.2, 0.25) is 0 Å². The van der Waals surface area contributed by atoms with E-state index in [2.05, 4.69) is 26.3 Å². The molecule has 0 spiro atoms. The summed E-state index contributed by atoms with van der Waals surface area (Å²) in [5.41, 5.74) is 1.40. The molecule has 1 aliphatic carbocycles. The molecule has 1 aromatic carbocycles. The van der Waals surface area contributed by atoms with E-state index in [1.54, 1.807) is 24.4 Å². The lowest BCUT2D eigenvalue weighted by Gasteiger charge is -2.08. The molecular weight excluding hydrogens is 337 g/mol. The monoisotopic (exact) mass is 351 g/mol. The van der Waals surface area contributed by atoms with Crippen molar-refractivity contribution < 1.29 is 4.39 Å². The van der Waals surface area contributed by atoms with Crippen LogP contribution in [-0.4, -0.2) is 16.3 Å². The minimum absolute atomic E-state index is 0.170. The maximum absolute atomic E-state index is 13.2. The number of benzene rings is 1. The Labute approximate surface area is 130 Å². The third-order valence-electron chi connectivity index (χ3n) is 3.48. The number of rotatable bonds is 5. The molecule has 1 aromatic heterocycles. The Balaban J connectivity index is 1.72. The van der Waals surface area contributed by atoms with Gasteiger partial charge in [0, 0.05) is 12.6 Å². The van der Waals surface area contributed by atoms with Crippen molar-refractivity contribution in [3.05, 3.63) is 56.7 Å². The molecule has 4 nitrogen and oxygen atoms in total. The molecule has 1 heterocycles. The Morgan fingerprint density at radius 2 is 2.19 bits per heavy atom. The van der Waals surface area contributed by atoms with E-state index in [1.807, 2.05) is 0 Å². The second kappa shape index (κ2) is 5.97. The highest BCUT2D eigenvalue weighted by atomic mass is 79.9. The fourth-order valence-corrected chi connectivity index (χ4v) is 2.47. The molecule has 0 aliphatic heterocycles. The summed E-state index contributed by atoms with van der Waals surface area (Å²) >= 11 is 3.14. The maximum atomic E-state index is 13.2. The number of nitrogens with one attached hydrogen (secondary N) is 1. The van der Waals surface area contributed by atoms with E-state index < -0.39 is 0 Å². The van der Waals surface area contributed by atoms with Crippen molar-refractivity contribution in [3.63, 3.8) is 0 Å². The highest BCUT2D eigenvalue weighted by molar-refractivity contribution is 9.10. The number of nitrogens with zero attached hydrogens (tertiary/aromatic N) is 2. The summed E-state index contributed by atoms with van der Waals surface area (Å²) in [5.74, 6) is 0.419. The largest absolute Gasteiger partial charge is 0.383 e. The summed E-state index contributed by atoms with van der Waals surface area (Å²) in [4.78, 5) is 12.0. The number of anilines is 1. The molecule has 1 N–H and O–H groups in total. The third kappa shape index (κ3) is 3.69. The normalized spacial score (nSPS) is 14.2. The van der Waals surface area contributed by atoms with E-state index in [1.165, 1.54) is 23.6 Å². The zero-order chi connectivity index (χ0) is 14.8. The molecule has 2 aromatic rings. The quantitative estimate of drug-likeness (QED) is 0.900. The van der Waals surface area contributed by atoms with E-state index in [9.17, 15) is 9.18 Å². The van der Waals surface area contributed by atoms with Gasteiger partial charge in [0.15, 0.2) is 0 Å². The highest BCUT2D eigenvalue weighted by Crippen LogP contribution is 2.28. The molecule has 3 rings (SSSR count). The van der Waals surface area contributed by atoms with Crippen LogP contribution < -0.4 is 10.9 Å². The average molecular weight is 352 g/mol. The van der Waals surface area contributed by atoms with Crippen LogP contribution in [-0.2, 0) is 6.54 Å². The van der Waals surface area contributed by atoms with Crippen LogP contribution in [0.15, 0.2) is 39.7 Å². The van der Waals surface area contributed by atoms with E-state index in [0.29, 0.717) is 11.0 Å². The highest BCUT2D eigenvalue weighted by Gasteiger charge is 2.20. The molecule has 0 unspecified atom stereocenters. The number of hydrogen-bond acceptors (Lipinski definition) is 3. The van der Waals surface area contributed by atoms with Crippen molar-refractivity contribution in [1.82, 2.24) is 9.78 Å². The van der Waals surface area contributed by atoms with Gasteiger partial charge in [-0.2, -0.15) is 5.10 Å². The van der Waals surface area contributed by atoms with Gasteiger partial charge in [-0.3, -0.25) is 4.79 Å². The first-order valence-corrected chi connectivity index (χ1v) is 7.66. The summed E-state index contributed by atoms with van der Waals surface area (Å²) in [5, 5.41) is 7.38. The predicted octanol–water partition coefficient (Wildman–Crippen LogP) is 3.02. The van der Waals surface area contributed by atoms with Crippen molar-refractivity contribution in [2.24, 2.45) is 5.92 Å². The summed E-state index contributed by atoms with van der Waals surface area (Å²) in [7, 11) is 0. The van der Waals surface area contributed by atoms with Crippen molar-refractivity contribution in [2.45, 2.75) is 19.4 Å². The first-order chi connectivity index (χ1) is 10.1. The summed E-state index contributed by atoms with van der Waals surface area (Å²) in [6, 6.07) is 6.22. The second-order valence-corrected chi connectivity index (χ2v) is 6.17. The van der Waals surface area contributed by atoms with E-state index in [-0.39, 0.29) is 11.4 Å². The van der Waals surface area contributed by atoms with Gasteiger partial charge in [-0.15, -0.1) is 0 Å². The minimum Gasteiger partial charge on any atom is -0.383 e. The molecule has 0 saturated heterocycles.